The molecule has 5 rings (SSSR count). The van der Waals surface area contributed by atoms with Gasteiger partial charge >= 0.3 is 6.18 Å². The SMILES string of the molecule is Cn1c(Nc2ccc(Cl)c(C(F)(F)F)c2)nc2cc(Oc3ccnc(C(=O)NCCCn4ccnc4)c3)ccc21. The Morgan fingerprint density at radius 3 is 2.67 bits per heavy atom. The maximum absolute atomic E-state index is 13.2. The highest BCUT2D eigenvalue weighted by Crippen LogP contribution is 2.37. The second-order valence-electron chi connectivity index (χ2n) is 8.85. The molecule has 0 spiro atoms. The highest BCUT2D eigenvalue weighted by Gasteiger charge is 2.33. The zero-order valence-electron chi connectivity index (χ0n) is 21.1. The third-order valence-corrected chi connectivity index (χ3v) is 6.35. The fraction of sp³-hybridized carbons (Fsp3) is 0.185. The molecule has 9 nitrogen and oxygen atoms in total. The molecule has 13 heteroatoms. The van der Waals surface area contributed by atoms with Crippen molar-refractivity contribution in [2.75, 3.05) is 11.9 Å². The number of aryl methyl sites for hydroxylation is 2. The van der Waals surface area contributed by atoms with E-state index < -0.39 is 11.7 Å². The van der Waals surface area contributed by atoms with Crippen LogP contribution in [0.3, 0.4) is 0 Å². The number of carbonyl (C=O) groups is 1. The molecule has 0 radical (unpaired) electrons. The first kappa shape index (κ1) is 27.0. The Bertz CT molecular complexity index is 1650. The number of fused-ring (bicyclic) bond motifs is 1. The number of amides is 1. The molecule has 206 valence electrons. The van der Waals surface area contributed by atoms with E-state index >= 15 is 0 Å². The first-order chi connectivity index (χ1) is 19.2. The van der Waals surface area contributed by atoms with Crippen LogP contribution in [0.15, 0.2) is 73.4 Å². The fourth-order valence-corrected chi connectivity index (χ4v) is 4.24. The van der Waals surface area contributed by atoms with Crippen molar-refractivity contribution in [2.45, 2.75) is 19.1 Å². The number of pyridine rings is 1. The Labute approximate surface area is 231 Å². The van der Waals surface area contributed by atoms with E-state index in [4.69, 9.17) is 16.3 Å². The number of nitrogens with zero attached hydrogens (tertiary/aromatic N) is 5. The molecule has 40 heavy (non-hydrogen) atoms. The molecule has 0 fully saturated rings. The lowest BCUT2D eigenvalue weighted by Crippen LogP contribution is -2.26. The van der Waals surface area contributed by atoms with Crippen LogP contribution in [0, 0.1) is 0 Å². The number of anilines is 2. The first-order valence-electron chi connectivity index (χ1n) is 12.2. The minimum absolute atomic E-state index is 0.191. The van der Waals surface area contributed by atoms with Crippen LogP contribution in [0.1, 0.15) is 22.5 Å². The Balaban J connectivity index is 1.26. The monoisotopic (exact) mass is 569 g/mol. The van der Waals surface area contributed by atoms with E-state index in [-0.39, 0.29) is 22.3 Å². The molecule has 0 unspecified atom stereocenters. The van der Waals surface area contributed by atoms with Crippen molar-refractivity contribution in [3.8, 4) is 11.5 Å². The van der Waals surface area contributed by atoms with Crippen molar-refractivity contribution < 1.29 is 22.7 Å². The van der Waals surface area contributed by atoms with Gasteiger partial charge in [0.1, 0.15) is 17.2 Å². The number of benzene rings is 2. The van der Waals surface area contributed by atoms with Crippen LogP contribution in [0.25, 0.3) is 11.0 Å². The number of aromatic nitrogens is 5. The Hall–Kier alpha value is -4.58. The number of carbonyl (C=O) groups excluding carboxylic acids is 1. The molecule has 2 aromatic carbocycles. The second kappa shape index (κ2) is 11.3. The van der Waals surface area contributed by atoms with Crippen LogP contribution < -0.4 is 15.4 Å². The topological polar surface area (TPSA) is 98.9 Å². The number of rotatable bonds is 9. The number of alkyl halides is 3. The molecule has 0 aliphatic carbocycles. The Morgan fingerprint density at radius 2 is 1.90 bits per heavy atom. The highest BCUT2D eigenvalue weighted by atomic mass is 35.5. The predicted molar refractivity (Wildman–Crippen MR) is 144 cm³/mol. The van der Waals surface area contributed by atoms with Crippen LogP contribution in [-0.2, 0) is 19.8 Å². The normalized spacial score (nSPS) is 11.5. The highest BCUT2D eigenvalue weighted by molar-refractivity contribution is 6.31. The van der Waals surface area contributed by atoms with E-state index in [1.54, 1.807) is 54.5 Å². The minimum atomic E-state index is -4.58. The average molecular weight is 570 g/mol. The van der Waals surface area contributed by atoms with E-state index in [2.05, 4.69) is 25.6 Å². The van der Waals surface area contributed by atoms with Gasteiger partial charge in [-0.05, 0) is 42.8 Å². The van der Waals surface area contributed by atoms with Crippen molar-refractivity contribution in [3.63, 3.8) is 0 Å². The van der Waals surface area contributed by atoms with Gasteiger partial charge in [-0.15, -0.1) is 0 Å². The van der Waals surface area contributed by atoms with E-state index in [1.165, 1.54) is 18.3 Å². The van der Waals surface area contributed by atoms with Gasteiger partial charge < -0.3 is 24.5 Å². The lowest BCUT2D eigenvalue weighted by Gasteiger charge is -2.12. The number of nitrogens with one attached hydrogen (secondary N) is 2. The summed E-state index contributed by atoms with van der Waals surface area (Å²) in [4.78, 5) is 25.2. The number of imidazole rings is 2. The Morgan fingerprint density at radius 1 is 1.07 bits per heavy atom. The summed E-state index contributed by atoms with van der Waals surface area (Å²) >= 11 is 5.72. The largest absolute Gasteiger partial charge is 0.457 e. The van der Waals surface area contributed by atoms with Gasteiger partial charge in [0.15, 0.2) is 0 Å². The molecule has 0 bridgehead atoms. The zero-order chi connectivity index (χ0) is 28.3. The van der Waals surface area contributed by atoms with Crippen molar-refractivity contribution in [1.29, 1.82) is 0 Å². The molecular formula is C27H23ClF3N7O2. The van der Waals surface area contributed by atoms with Gasteiger partial charge in [0.25, 0.3) is 5.91 Å². The van der Waals surface area contributed by atoms with Gasteiger partial charge in [0.2, 0.25) is 5.95 Å². The van der Waals surface area contributed by atoms with Crippen LogP contribution in [0.4, 0.5) is 24.8 Å². The summed E-state index contributed by atoms with van der Waals surface area (Å²) in [5.74, 6) is 0.885. The summed E-state index contributed by atoms with van der Waals surface area (Å²) in [5, 5.41) is 5.37. The average Bonchev–Trinajstić information content (AvgIpc) is 3.55. The molecule has 0 saturated carbocycles. The van der Waals surface area contributed by atoms with Gasteiger partial charge in [-0.3, -0.25) is 9.78 Å². The van der Waals surface area contributed by atoms with Gasteiger partial charge in [-0.25, -0.2) is 9.97 Å². The van der Waals surface area contributed by atoms with Crippen molar-refractivity contribution in [1.82, 2.24) is 29.4 Å². The third-order valence-electron chi connectivity index (χ3n) is 6.02. The quantitative estimate of drug-likeness (QED) is 0.205. The molecular weight excluding hydrogens is 547 g/mol. The second-order valence-corrected chi connectivity index (χ2v) is 9.26. The molecule has 0 saturated heterocycles. The number of hydrogen-bond donors (Lipinski definition) is 2. The van der Waals surface area contributed by atoms with Crippen molar-refractivity contribution in [3.05, 3.63) is 89.7 Å². The molecule has 5 aromatic rings. The molecule has 0 atom stereocenters. The molecule has 3 aromatic heterocycles. The van der Waals surface area contributed by atoms with Gasteiger partial charge in [-0.1, -0.05) is 11.6 Å². The summed E-state index contributed by atoms with van der Waals surface area (Å²) in [6, 6.07) is 11.9. The molecule has 0 aliphatic rings. The molecule has 1 amide bonds. The van der Waals surface area contributed by atoms with Gasteiger partial charge in [-0.2, -0.15) is 13.2 Å². The fourth-order valence-electron chi connectivity index (χ4n) is 4.01. The smallest absolute Gasteiger partial charge is 0.417 e. The maximum atomic E-state index is 13.2. The minimum Gasteiger partial charge on any atom is -0.457 e. The first-order valence-corrected chi connectivity index (χ1v) is 12.5. The van der Waals surface area contributed by atoms with Gasteiger partial charge in [0, 0.05) is 56.5 Å². The zero-order valence-corrected chi connectivity index (χ0v) is 21.9. The standard InChI is InChI=1S/C27H23ClF3N7O2/c1-37-24-6-4-18(14-22(24)36-26(37)35-17-3-5-21(28)20(13-17)27(29,30)31)40-19-7-9-33-23(15-19)25(39)34-8-2-11-38-12-10-32-16-38/h3-7,9-10,12-16H,2,8,11H2,1H3,(H,34,39)(H,35,36). The van der Waals surface area contributed by atoms with Gasteiger partial charge in [0.05, 0.1) is 27.9 Å². The summed E-state index contributed by atoms with van der Waals surface area (Å²) < 4.78 is 49.3. The molecule has 0 aliphatic heterocycles. The van der Waals surface area contributed by atoms with Crippen molar-refractivity contribution >= 4 is 40.2 Å². The van der Waals surface area contributed by atoms with Crippen LogP contribution in [-0.4, -0.2) is 36.5 Å². The van der Waals surface area contributed by atoms with Crippen LogP contribution in [0.2, 0.25) is 5.02 Å². The maximum Gasteiger partial charge on any atom is 0.417 e. The van der Waals surface area contributed by atoms with E-state index in [0.29, 0.717) is 29.5 Å². The van der Waals surface area contributed by atoms with Crippen LogP contribution >= 0.6 is 11.6 Å². The Kier molecular flexibility index (Phi) is 7.60. The third kappa shape index (κ3) is 6.18. The number of hydrogen-bond acceptors (Lipinski definition) is 6. The summed E-state index contributed by atoms with van der Waals surface area (Å²) in [5.41, 5.74) is 0.749. The predicted octanol–water partition coefficient (Wildman–Crippen LogP) is 6.19. The number of halogens is 4. The van der Waals surface area contributed by atoms with E-state index in [9.17, 15) is 18.0 Å². The van der Waals surface area contributed by atoms with E-state index in [1.807, 2.05) is 10.8 Å². The summed E-state index contributed by atoms with van der Waals surface area (Å²) in [6.45, 7) is 1.21. The summed E-state index contributed by atoms with van der Waals surface area (Å²) in [7, 11) is 1.74. The van der Waals surface area contributed by atoms with Crippen LogP contribution in [0.5, 0.6) is 11.5 Å². The van der Waals surface area contributed by atoms with Crippen molar-refractivity contribution in [2.24, 2.45) is 7.05 Å². The lowest BCUT2D eigenvalue weighted by molar-refractivity contribution is -0.137. The molecule has 2 N–H and O–H groups in total. The summed E-state index contributed by atoms with van der Waals surface area (Å²) in [6.07, 6.45) is 2.92. The van der Waals surface area contributed by atoms with E-state index in [0.717, 1.165) is 24.5 Å². The lowest BCUT2D eigenvalue weighted by atomic mass is 10.2. The number of ether oxygens (including phenoxy) is 1. The molecule has 3 heterocycles.